The summed E-state index contributed by atoms with van der Waals surface area (Å²) in [6, 6.07) is 16.6. The first kappa shape index (κ1) is 18.5. The summed E-state index contributed by atoms with van der Waals surface area (Å²) >= 11 is 0. The van der Waals surface area contributed by atoms with Gasteiger partial charge in [-0.05, 0) is 42.8 Å². The van der Waals surface area contributed by atoms with Crippen LogP contribution in [0.1, 0.15) is 22.8 Å². The number of nitrogens with one attached hydrogen (secondary N) is 1. The fraction of sp³-hybridized carbons (Fsp3) is 0.143. The molecule has 1 heterocycles. The van der Waals surface area contributed by atoms with Gasteiger partial charge < -0.3 is 10.2 Å². The Morgan fingerprint density at radius 2 is 1.81 bits per heavy atom. The van der Waals surface area contributed by atoms with E-state index in [1.54, 1.807) is 12.3 Å². The van der Waals surface area contributed by atoms with Crippen molar-refractivity contribution >= 4 is 17.4 Å². The van der Waals surface area contributed by atoms with Crippen molar-refractivity contribution in [2.45, 2.75) is 13.5 Å². The van der Waals surface area contributed by atoms with Crippen LogP contribution in [0.25, 0.3) is 0 Å². The Morgan fingerprint density at radius 1 is 1.04 bits per heavy atom. The van der Waals surface area contributed by atoms with Crippen LogP contribution in [0.4, 0.5) is 20.3 Å². The number of hydrogen-bond donors (Lipinski definition) is 1. The van der Waals surface area contributed by atoms with Gasteiger partial charge in [0, 0.05) is 18.7 Å². The van der Waals surface area contributed by atoms with Crippen LogP contribution >= 0.6 is 0 Å². The van der Waals surface area contributed by atoms with E-state index in [0.29, 0.717) is 5.69 Å². The first-order chi connectivity index (χ1) is 13.1. The number of benzene rings is 2. The molecule has 0 bridgehead atoms. The highest BCUT2D eigenvalue weighted by Gasteiger charge is 2.11. The van der Waals surface area contributed by atoms with Gasteiger partial charge >= 0.3 is 0 Å². The van der Waals surface area contributed by atoms with Crippen LogP contribution in [-0.2, 0) is 6.54 Å². The topological polar surface area (TPSA) is 45.2 Å². The van der Waals surface area contributed by atoms with Crippen molar-refractivity contribution in [1.29, 1.82) is 0 Å². The highest BCUT2D eigenvalue weighted by Crippen LogP contribution is 2.18. The lowest BCUT2D eigenvalue weighted by Gasteiger charge is -2.22. The van der Waals surface area contributed by atoms with Crippen molar-refractivity contribution in [3.05, 3.63) is 89.6 Å². The van der Waals surface area contributed by atoms with Gasteiger partial charge in [0.15, 0.2) is 11.6 Å². The monoisotopic (exact) mass is 367 g/mol. The minimum Gasteiger partial charge on any atom is -0.353 e. The summed E-state index contributed by atoms with van der Waals surface area (Å²) in [6.07, 6.45) is 1.54. The summed E-state index contributed by atoms with van der Waals surface area (Å²) in [5.74, 6) is -1.79. The maximum absolute atomic E-state index is 13.3. The van der Waals surface area contributed by atoms with E-state index < -0.39 is 17.5 Å². The second kappa shape index (κ2) is 8.40. The zero-order chi connectivity index (χ0) is 19.2. The van der Waals surface area contributed by atoms with Crippen LogP contribution in [0, 0.1) is 11.6 Å². The fourth-order valence-corrected chi connectivity index (χ4v) is 2.65. The average molecular weight is 367 g/mol. The van der Waals surface area contributed by atoms with E-state index in [4.69, 9.17) is 0 Å². The smallest absolute Gasteiger partial charge is 0.255 e. The number of rotatable bonds is 6. The number of carbonyl (C=O) groups is 1. The molecule has 2 aromatic carbocycles. The number of hydrogen-bond acceptors (Lipinski definition) is 3. The Bertz CT molecular complexity index is 914. The summed E-state index contributed by atoms with van der Waals surface area (Å²) in [5, 5.41) is 2.63. The Hall–Kier alpha value is -3.28. The molecule has 0 aliphatic carbocycles. The summed E-state index contributed by atoms with van der Waals surface area (Å²) in [6.45, 7) is 3.55. The summed E-state index contributed by atoms with van der Waals surface area (Å²) < 4.78 is 26.2. The summed E-state index contributed by atoms with van der Waals surface area (Å²) in [5.41, 5.74) is 1.69. The van der Waals surface area contributed by atoms with Gasteiger partial charge in [-0.15, -0.1) is 0 Å². The lowest BCUT2D eigenvalue weighted by Crippen LogP contribution is -2.23. The molecule has 0 aliphatic heterocycles. The number of amides is 1. The van der Waals surface area contributed by atoms with Crippen LogP contribution in [0.2, 0.25) is 0 Å². The lowest BCUT2D eigenvalue weighted by molar-refractivity contribution is 0.102. The minimum absolute atomic E-state index is 0.0391. The minimum atomic E-state index is -1.06. The van der Waals surface area contributed by atoms with Crippen molar-refractivity contribution < 1.29 is 13.6 Å². The SMILES string of the molecule is CCN(Cc1ccccc1)c1ccc(NC(=O)c2ccc(F)c(F)c2)cn1. The van der Waals surface area contributed by atoms with E-state index >= 15 is 0 Å². The third-order valence-electron chi connectivity index (χ3n) is 4.11. The van der Waals surface area contributed by atoms with E-state index in [1.807, 2.05) is 31.2 Å². The molecule has 138 valence electrons. The molecule has 0 fully saturated rings. The molecule has 0 atom stereocenters. The molecular formula is C21H19F2N3O. The molecule has 1 N–H and O–H groups in total. The Balaban J connectivity index is 1.68. The van der Waals surface area contributed by atoms with E-state index in [2.05, 4.69) is 27.3 Å². The van der Waals surface area contributed by atoms with Gasteiger partial charge in [0.05, 0.1) is 11.9 Å². The van der Waals surface area contributed by atoms with Crippen molar-refractivity contribution in [1.82, 2.24) is 4.98 Å². The number of aromatic nitrogens is 1. The van der Waals surface area contributed by atoms with Gasteiger partial charge in [-0.25, -0.2) is 13.8 Å². The lowest BCUT2D eigenvalue weighted by atomic mass is 10.2. The van der Waals surface area contributed by atoms with E-state index in [1.165, 1.54) is 11.6 Å². The largest absolute Gasteiger partial charge is 0.353 e. The van der Waals surface area contributed by atoms with E-state index in [9.17, 15) is 13.6 Å². The molecule has 0 saturated heterocycles. The van der Waals surface area contributed by atoms with Gasteiger partial charge in [0.25, 0.3) is 5.91 Å². The number of anilines is 2. The first-order valence-electron chi connectivity index (χ1n) is 8.58. The molecule has 0 saturated carbocycles. The maximum Gasteiger partial charge on any atom is 0.255 e. The van der Waals surface area contributed by atoms with Crippen molar-refractivity contribution in [2.75, 3.05) is 16.8 Å². The highest BCUT2D eigenvalue weighted by molar-refractivity contribution is 6.04. The number of carbonyl (C=O) groups excluding carboxylic acids is 1. The fourth-order valence-electron chi connectivity index (χ4n) is 2.65. The van der Waals surface area contributed by atoms with Gasteiger partial charge in [-0.1, -0.05) is 30.3 Å². The molecule has 3 rings (SSSR count). The standard InChI is InChI=1S/C21H19F2N3O/c1-2-26(14-15-6-4-3-5-7-15)20-11-9-17(13-24-20)25-21(27)16-8-10-18(22)19(23)12-16/h3-13H,2,14H2,1H3,(H,25,27). The second-order valence-electron chi connectivity index (χ2n) is 5.99. The average Bonchev–Trinajstić information content (AvgIpc) is 2.69. The zero-order valence-electron chi connectivity index (χ0n) is 14.8. The van der Waals surface area contributed by atoms with Crippen LogP contribution in [-0.4, -0.2) is 17.4 Å². The van der Waals surface area contributed by atoms with Crippen molar-refractivity contribution in [3.63, 3.8) is 0 Å². The van der Waals surface area contributed by atoms with Crippen LogP contribution in [0.15, 0.2) is 66.9 Å². The molecule has 1 aromatic heterocycles. The Labute approximate surface area is 156 Å². The number of nitrogens with zero attached hydrogens (tertiary/aromatic N) is 2. The predicted octanol–water partition coefficient (Wildman–Crippen LogP) is 4.64. The molecule has 27 heavy (non-hydrogen) atoms. The molecular weight excluding hydrogens is 348 g/mol. The van der Waals surface area contributed by atoms with E-state index in [-0.39, 0.29) is 5.56 Å². The van der Waals surface area contributed by atoms with Gasteiger partial charge in [-0.3, -0.25) is 4.79 Å². The second-order valence-corrected chi connectivity index (χ2v) is 5.99. The molecule has 6 heteroatoms. The summed E-state index contributed by atoms with van der Waals surface area (Å²) in [4.78, 5) is 18.7. The van der Waals surface area contributed by atoms with Crippen LogP contribution < -0.4 is 10.2 Å². The molecule has 0 unspecified atom stereocenters. The normalized spacial score (nSPS) is 10.5. The van der Waals surface area contributed by atoms with Gasteiger partial charge in [-0.2, -0.15) is 0 Å². The Morgan fingerprint density at radius 3 is 2.44 bits per heavy atom. The third kappa shape index (κ3) is 4.67. The third-order valence-corrected chi connectivity index (χ3v) is 4.11. The molecule has 1 amide bonds. The molecule has 0 radical (unpaired) electrons. The molecule has 4 nitrogen and oxygen atoms in total. The quantitative estimate of drug-likeness (QED) is 0.690. The van der Waals surface area contributed by atoms with Crippen LogP contribution in [0.5, 0.6) is 0 Å². The molecule has 0 aliphatic rings. The number of pyridine rings is 1. The van der Waals surface area contributed by atoms with Gasteiger partial charge in [0.2, 0.25) is 0 Å². The zero-order valence-corrected chi connectivity index (χ0v) is 14.8. The predicted molar refractivity (Wildman–Crippen MR) is 102 cm³/mol. The number of halogens is 2. The van der Waals surface area contributed by atoms with Crippen molar-refractivity contribution in [3.8, 4) is 0 Å². The molecule has 3 aromatic rings. The highest BCUT2D eigenvalue weighted by atomic mass is 19.2. The first-order valence-corrected chi connectivity index (χ1v) is 8.58. The Kier molecular flexibility index (Phi) is 5.76. The van der Waals surface area contributed by atoms with Gasteiger partial charge in [0.1, 0.15) is 5.82 Å². The van der Waals surface area contributed by atoms with Crippen LogP contribution in [0.3, 0.4) is 0 Å². The summed E-state index contributed by atoms with van der Waals surface area (Å²) in [7, 11) is 0. The van der Waals surface area contributed by atoms with Crippen molar-refractivity contribution in [2.24, 2.45) is 0 Å². The maximum atomic E-state index is 13.3. The molecule has 0 spiro atoms. The van der Waals surface area contributed by atoms with E-state index in [0.717, 1.165) is 31.0 Å².